The fourth-order valence-electron chi connectivity index (χ4n) is 1.35. The minimum Gasteiger partial charge on any atom is -0.302 e. The lowest BCUT2D eigenvalue weighted by Gasteiger charge is -2.05. The van der Waals surface area contributed by atoms with Crippen molar-refractivity contribution in [2.24, 2.45) is 5.92 Å². The molecule has 0 fully saturated rings. The molecule has 13 heavy (non-hydrogen) atoms. The summed E-state index contributed by atoms with van der Waals surface area (Å²) in [5.74, 6) is -0.133. The first-order chi connectivity index (χ1) is 6.42. The number of nitrogens with zero attached hydrogens (tertiary/aromatic N) is 2. The zero-order valence-electron chi connectivity index (χ0n) is 6.92. The van der Waals surface area contributed by atoms with Crippen molar-refractivity contribution in [1.82, 2.24) is 9.97 Å². The minimum absolute atomic E-state index is 0.133. The maximum atomic E-state index is 10.7. The Morgan fingerprint density at radius 1 is 1.31 bits per heavy atom. The van der Waals surface area contributed by atoms with Crippen LogP contribution < -0.4 is 0 Å². The van der Waals surface area contributed by atoms with Gasteiger partial charge in [-0.15, -0.1) is 0 Å². The Morgan fingerprint density at radius 2 is 2.08 bits per heavy atom. The summed E-state index contributed by atoms with van der Waals surface area (Å²) in [5, 5.41) is 0. The molecule has 3 nitrogen and oxygen atoms in total. The second-order valence-corrected chi connectivity index (χ2v) is 2.80. The summed E-state index contributed by atoms with van der Waals surface area (Å²) < 4.78 is 0. The monoisotopic (exact) mass is 172 g/mol. The number of aromatic nitrogens is 2. The Balaban J connectivity index is 2.34. The summed E-state index contributed by atoms with van der Waals surface area (Å²) in [7, 11) is 0. The lowest BCUT2D eigenvalue weighted by atomic mass is 9.99. The fraction of sp³-hybridized carbons (Fsp3) is 0.100. The molecule has 0 saturated heterocycles. The van der Waals surface area contributed by atoms with E-state index in [4.69, 9.17) is 0 Å². The van der Waals surface area contributed by atoms with E-state index in [1.54, 1.807) is 12.4 Å². The zero-order valence-corrected chi connectivity index (χ0v) is 6.92. The van der Waals surface area contributed by atoms with Crippen molar-refractivity contribution in [3.63, 3.8) is 0 Å². The van der Waals surface area contributed by atoms with Crippen molar-refractivity contribution in [3.8, 4) is 0 Å². The fourth-order valence-corrected chi connectivity index (χ4v) is 1.35. The molecule has 1 unspecified atom stereocenters. The molecule has 1 heterocycles. The first-order valence-electron chi connectivity index (χ1n) is 4.01. The largest absolute Gasteiger partial charge is 0.302 e. The number of hydrogen-bond donors (Lipinski definition) is 0. The Kier molecular flexibility index (Phi) is 2.00. The molecule has 1 aromatic rings. The quantitative estimate of drug-likeness (QED) is 0.630. The highest BCUT2D eigenvalue weighted by Crippen LogP contribution is 2.26. The van der Waals surface area contributed by atoms with Gasteiger partial charge in [-0.05, 0) is 5.57 Å². The van der Waals surface area contributed by atoms with E-state index < -0.39 is 0 Å². The van der Waals surface area contributed by atoms with Gasteiger partial charge in [0.1, 0.15) is 12.6 Å². The van der Waals surface area contributed by atoms with Gasteiger partial charge < -0.3 is 4.79 Å². The number of hydrogen-bond acceptors (Lipinski definition) is 3. The molecule has 0 amide bonds. The van der Waals surface area contributed by atoms with Gasteiger partial charge >= 0.3 is 0 Å². The van der Waals surface area contributed by atoms with Crippen molar-refractivity contribution in [3.05, 3.63) is 42.5 Å². The number of allylic oxidation sites excluding steroid dienone is 4. The first-order valence-corrected chi connectivity index (χ1v) is 4.01. The second kappa shape index (κ2) is 3.31. The Bertz CT molecular complexity index is 368. The standard InChI is InChI=1S/C10H8N2O/c13-6-8-2-1-3-10(8)9-4-11-7-12-5-9/h1-8H. The summed E-state index contributed by atoms with van der Waals surface area (Å²) in [6, 6.07) is 0. The van der Waals surface area contributed by atoms with Gasteiger partial charge in [0, 0.05) is 18.0 Å². The highest BCUT2D eigenvalue weighted by Gasteiger charge is 2.15. The predicted molar refractivity (Wildman–Crippen MR) is 48.7 cm³/mol. The van der Waals surface area contributed by atoms with Crippen LogP contribution in [-0.4, -0.2) is 16.3 Å². The lowest BCUT2D eigenvalue weighted by molar-refractivity contribution is -0.108. The van der Waals surface area contributed by atoms with Crippen LogP contribution in [0.2, 0.25) is 0 Å². The van der Waals surface area contributed by atoms with Crippen LogP contribution in [0.4, 0.5) is 0 Å². The number of carbonyl (C=O) groups excluding carboxylic acids is 1. The average molecular weight is 172 g/mol. The maximum absolute atomic E-state index is 10.7. The van der Waals surface area contributed by atoms with E-state index >= 15 is 0 Å². The summed E-state index contributed by atoms with van der Waals surface area (Å²) in [6.07, 6.45) is 11.5. The van der Waals surface area contributed by atoms with E-state index in [1.807, 2.05) is 18.2 Å². The SMILES string of the molecule is O=CC1C=CC=C1c1cncnc1. The van der Waals surface area contributed by atoms with Crippen LogP contribution in [0.3, 0.4) is 0 Å². The molecule has 1 aliphatic carbocycles. The van der Waals surface area contributed by atoms with Crippen LogP contribution in [0.15, 0.2) is 36.9 Å². The maximum Gasteiger partial charge on any atom is 0.131 e. The van der Waals surface area contributed by atoms with E-state index in [1.165, 1.54) is 6.33 Å². The van der Waals surface area contributed by atoms with Crippen LogP contribution in [0, 0.1) is 5.92 Å². The second-order valence-electron chi connectivity index (χ2n) is 2.80. The van der Waals surface area contributed by atoms with Crippen LogP contribution in [0.5, 0.6) is 0 Å². The third-order valence-electron chi connectivity index (χ3n) is 1.99. The minimum atomic E-state index is -0.133. The van der Waals surface area contributed by atoms with Crippen molar-refractivity contribution in [2.45, 2.75) is 0 Å². The molecular formula is C10H8N2O. The molecule has 3 heteroatoms. The van der Waals surface area contributed by atoms with E-state index in [9.17, 15) is 4.79 Å². The molecule has 0 aliphatic heterocycles. The van der Waals surface area contributed by atoms with Gasteiger partial charge in [-0.3, -0.25) is 0 Å². The van der Waals surface area contributed by atoms with Crippen molar-refractivity contribution >= 4 is 11.9 Å². The normalized spacial score (nSPS) is 20.0. The highest BCUT2D eigenvalue weighted by atomic mass is 16.1. The molecule has 1 aliphatic rings. The van der Waals surface area contributed by atoms with E-state index in [0.717, 1.165) is 17.4 Å². The van der Waals surface area contributed by atoms with E-state index in [2.05, 4.69) is 9.97 Å². The van der Waals surface area contributed by atoms with Crippen molar-refractivity contribution in [1.29, 1.82) is 0 Å². The molecule has 0 aromatic carbocycles. The number of carbonyl (C=O) groups is 1. The molecule has 2 rings (SSSR count). The smallest absolute Gasteiger partial charge is 0.131 e. The van der Waals surface area contributed by atoms with Crippen molar-refractivity contribution in [2.75, 3.05) is 0 Å². The lowest BCUT2D eigenvalue weighted by Crippen LogP contribution is -1.99. The van der Waals surface area contributed by atoms with Gasteiger partial charge in [-0.1, -0.05) is 18.2 Å². The van der Waals surface area contributed by atoms with Crippen molar-refractivity contribution < 1.29 is 4.79 Å². The summed E-state index contributed by atoms with van der Waals surface area (Å²) >= 11 is 0. The molecule has 0 radical (unpaired) electrons. The average Bonchev–Trinajstić information content (AvgIpc) is 2.67. The number of aldehydes is 1. The predicted octanol–water partition coefficient (Wildman–Crippen LogP) is 1.24. The summed E-state index contributed by atoms with van der Waals surface area (Å²) in [6.45, 7) is 0. The first kappa shape index (κ1) is 7.86. The van der Waals surface area contributed by atoms with Crippen LogP contribution in [0.25, 0.3) is 5.57 Å². The van der Waals surface area contributed by atoms with Gasteiger partial charge in [0.25, 0.3) is 0 Å². The van der Waals surface area contributed by atoms with E-state index in [0.29, 0.717) is 0 Å². The zero-order chi connectivity index (χ0) is 9.10. The Morgan fingerprint density at radius 3 is 2.77 bits per heavy atom. The van der Waals surface area contributed by atoms with Crippen LogP contribution >= 0.6 is 0 Å². The molecule has 0 spiro atoms. The topological polar surface area (TPSA) is 42.9 Å². The molecule has 0 N–H and O–H groups in total. The van der Waals surface area contributed by atoms with Gasteiger partial charge in [-0.25, -0.2) is 9.97 Å². The molecule has 1 atom stereocenters. The van der Waals surface area contributed by atoms with Crippen LogP contribution in [-0.2, 0) is 4.79 Å². The third kappa shape index (κ3) is 1.40. The van der Waals surface area contributed by atoms with Gasteiger partial charge in [0.15, 0.2) is 0 Å². The van der Waals surface area contributed by atoms with Gasteiger partial charge in [0.05, 0.1) is 5.92 Å². The Hall–Kier alpha value is -1.77. The molecule has 0 bridgehead atoms. The van der Waals surface area contributed by atoms with E-state index in [-0.39, 0.29) is 5.92 Å². The number of rotatable bonds is 2. The highest BCUT2D eigenvalue weighted by molar-refractivity contribution is 5.85. The molecule has 0 saturated carbocycles. The third-order valence-corrected chi connectivity index (χ3v) is 1.99. The molecule has 1 aromatic heterocycles. The van der Waals surface area contributed by atoms with Gasteiger partial charge in [0.2, 0.25) is 0 Å². The van der Waals surface area contributed by atoms with Crippen LogP contribution in [0.1, 0.15) is 5.56 Å². The Labute approximate surface area is 75.8 Å². The summed E-state index contributed by atoms with van der Waals surface area (Å²) in [4.78, 5) is 18.5. The molecular weight excluding hydrogens is 164 g/mol. The summed E-state index contributed by atoms with van der Waals surface area (Å²) in [5.41, 5.74) is 1.88. The molecule has 64 valence electrons. The van der Waals surface area contributed by atoms with Gasteiger partial charge in [-0.2, -0.15) is 0 Å².